The Morgan fingerprint density at radius 2 is 1.31 bits per heavy atom. The van der Waals surface area contributed by atoms with Crippen molar-refractivity contribution in [3.63, 3.8) is 0 Å². The maximum Gasteiger partial charge on any atom is 0.0786 e. The van der Waals surface area contributed by atoms with E-state index in [1.807, 2.05) is 11.4 Å². The van der Waals surface area contributed by atoms with Crippen LogP contribution in [0.5, 0.6) is 0 Å². The van der Waals surface area contributed by atoms with E-state index in [0.29, 0.717) is 0 Å². The average Bonchev–Trinajstić information content (AvgIpc) is 3.13. The second-order valence-electron chi connectivity index (χ2n) is 7.28. The van der Waals surface area contributed by atoms with Crippen molar-refractivity contribution in [1.82, 2.24) is 0 Å². The maximum absolute atomic E-state index is 9.96. The van der Waals surface area contributed by atoms with Crippen LogP contribution < -0.4 is 5.11 Å². The second-order valence-corrected chi connectivity index (χ2v) is 8.31. The van der Waals surface area contributed by atoms with Gasteiger partial charge in [-0.25, -0.2) is 0 Å². The third kappa shape index (κ3) is 12.5. The summed E-state index contributed by atoms with van der Waals surface area (Å²) in [6.45, 7) is 15.0. The van der Waals surface area contributed by atoms with Crippen LogP contribution in [0.15, 0.2) is 17.5 Å². The summed E-state index contributed by atoms with van der Waals surface area (Å²) in [6, 6.07) is 3.60. The quantitative estimate of drug-likeness (QED) is 0.422. The molecule has 0 bridgehead atoms. The van der Waals surface area contributed by atoms with Gasteiger partial charge in [0.25, 0.3) is 0 Å². The van der Waals surface area contributed by atoms with Crippen LogP contribution in [0.25, 0.3) is 0 Å². The highest BCUT2D eigenvalue weighted by Gasteiger charge is 2.24. The Kier molecular flexibility index (Phi) is 15.8. The molecule has 0 unspecified atom stereocenters. The van der Waals surface area contributed by atoms with E-state index in [9.17, 15) is 9.90 Å². The number of carbonyl (C=O) groups excluding carboxylic acids is 1. The summed E-state index contributed by atoms with van der Waals surface area (Å²) in [5, 5.41) is 11.8. The van der Waals surface area contributed by atoms with Gasteiger partial charge in [-0.05, 0) is 37.1 Å². The molecule has 0 fully saturated rings. The SMILES string of the molecule is CCCC[N+](CCCC)(CCCC)CCCC.O=C([O-])Cc1cccs1. The van der Waals surface area contributed by atoms with E-state index in [0.717, 1.165) is 4.88 Å². The van der Waals surface area contributed by atoms with Gasteiger partial charge in [-0.2, -0.15) is 0 Å². The molecule has 0 aliphatic heterocycles. The van der Waals surface area contributed by atoms with E-state index >= 15 is 0 Å². The summed E-state index contributed by atoms with van der Waals surface area (Å²) in [7, 11) is 0. The minimum atomic E-state index is -1.02. The number of unbranched alkanes of at least 4 members (excludes halogenated alkanes) is 4. The summed E-state index contributed by atoms with van der Waals surface area (Å²) in [5.41, 5.74) is 0. The van der Waals surface area contributed by atoms with Crippen molar-refractivity contribution in [3.05, 3.63) is 22.4 Å². The number of hydrogen-bond acceptors (Lipinski definition) is 3. The van der Waals surface area contributed by atoms with Gasteiger partial charge in [-0.1, -0.05) is 59.4 Å². The van der Waals surface area contributed by atoms with E-state index in [4.69, 9.17) is 0 Å². The Labute approximate surface area is 166 Å². The lowest BCUT2D eigenvalue weighted by atomic mass is 10.1. The first-order valence-corrected chi connectivity index (χ1v) is 11.5. The Morgan fingerprint density at radius 1 is 0.885 bits per heavy atom. The highest BCUT2D eigenvalue weighted by molar-refractivity contribution is 7.10. The van der Waals surface area contributed by atoms with Crippen molar-refractivity contribution >= 4 is 17.3 Å². The molecule has 26 heavy (non-hydrogen) atoms. The monoisotopic (exact) mass is 383 g/mol. The number of carboxylic acids is 1. The van der Waals surface area contributed by atoms with E-state index in [-0.39, 0.29) is 6.42 Å². The molecule has 0 aliphatic rings. The first-order chi connectivity index (χ1) is 12.5. The second kappa shape index (κ2) is 16.3. The molecule has 0 spiro atoms. The fraction of sp³-hybridized carbons (Fsp3) is 0.773. The van der Waals surface area contributed by atoms with Gasteiger partial charge in [0, 0.05) is 17.3 Å². The van der Waals surface area contributed by atoms with Crippen LogP contribution in [0.4, 0.5) is 0 Å². The fourth-order valence-corrected chi connectivity index (χ4v) is 3.89. The van der Waals surface area contributed by atoms with Crippen LogP contribution in [-0.4, -0.2) is 36.6 Å². The zero-order chi connectivity index (χ0) is 19.7. The minimum absolute atomic E-state index is 0.0394. The standard InChI is InChI=1S/C16H36N.C6H6O2S/c1-5-9-13-17(14-10-6-2,15-11-7-3)16-12-8-4;7-6(8)4-5-2-1-3-9-5/h5-16H2,1-4H3;1-3H,4H2,(H,7,8)/q+1;/p-1. The third-order valence-corrected chi connectivity index (χ3v) is 5.72. The van der Waals surface area contributed by atoms with Gasteiger partial charge in [0.2, 0.25) is 0 Å². The molecule has 0 aliphatic carbocycles. The summed E-state index contributed by atoms with van der Waals surface area (Å²) in [6.07, 6.45) is 11.1. The Hall–Kier alpha value is -0.870. The highest BCUT2D eigenvalue weighted by Crippen LogP contribution is 2.16. The normalized spacial score (nSPS) is 11.1. The molecule has 152 valence electrons. The number of carbonyl (C=O) groups is 1. The number of quaternary nitrogens is 1. The minimum Gasteiger partial charge on any atom is -0.550 e. The molecule has 3 nitrogen and oxygen atoms in total. The largest absolute Gasteiger partial charge is 0.550 e. The number of hydrogen-bond donors (Lipinski definition) is 0. The predicted molar refractivity (Wildman–Crippen MR) is 112 cm³/mol. The lowest BCUT2D eigenvalue weighted by Crippen LogP contribution is -2.50. The molecule has 0 saturated carbocycles. The molecule has 1 heterocycles. The van der Waals surface area contributed by atoms with E-state index in [1.165, 1.54) is 93.4 Å². The van der Waals surface area contributed by atoms with E-state index in [2.05, 4.69) is 27.7 Å². The van der Waals surface area contributed by atoms with Crippen LogP contribution in [0, 0.1) is 0 Å². The summed E-state index contributed by atoms with van der Waals surface area (Å²) < 4.78 is 1.42. The average molecular weight is 384 g/mol. The van der Waals surface area contributed by atoms with Crippen molar-refractivity contribution in [3.8, 4) is 0 Å². The van der Waals surface area contributed by atoms with Gasteiger partial charge in [-0.15, -0.1) is 11.3 Å². The number of thiophene rings is 1. The first kappa shape index (κ1) is 25.1. The van der Waals surface area contributed by atoms with Gasteiger partial charge in [0.05, 0.1) is 26.2 Å². The zero-order valence-electron chi connectivity index (χ0n) is 17.6. The molecule has 0 amide bonds. The van der Waals surface area contributed by atoms with Crippen LogP contribution in [0.2, 0.25) is 0 Å². The van der Waals surface area contributed by atoms with Crippen molar-refractivity contribution < 1.29 is 14.4 Å². The van der Waals surface area contributed by atoms with Gasteiger partial charge in [-0.3, -0.25) is 0 Å². The van der Waals surface area contributed by atoms with E-state index in [1.54, 1.807) is 6.07 Å². The molecular formula is C22H41NO2S. The Balaban J connectivity index is 0.000000577. The molecule has 0 N–H and O–H groups in total. The van der Waals surface area contributed by atoms with Gasteiger partial charge >= 0.3 is 0 Å². The summed E-state index contributed by atoms with van der Waals surface area (Å²) in [5.74, 6) is -1.02. The van der Waals surface area contributed by atoms with Crippen LogP contribution in [-0.2, 0) is 11.2 Å². The molecule has 0 aromatic carbocycles. The lowest BCUT2D eigenvalue weighted by Gasteiger charge is -2.39. The van der Waals surface area contributed by atoms with E-state index < -0.39 is 5.97 Å². The van der Waals surface area contributed by atoms with Gasteiger partial charge in [0.1, 0.15) is 0 Å². The van der Waals surface area contributed by atoms with Crippen LogP contribution >= 0.6 is 11.3 Å². The first-order valence-electron chi connectivity index (χ1n) is 10.6. The zero-order valence-corrected chi connectivity index (χ0v) is 18.4. The van der Waals surface area contributed by atoms with Crippen molar-refractivity contribution in [2.24, 2.45) is 0 Å². The number of carboxylic acid groups (broad SMARTS) is 1. The maximum atomic E-state index is 9.96. The Bertz CT molecular complexity index is 394. The van der Waals surface area contributed by atoms with Crippen molar-refractivity contribution in [2.75, 3.05) is 26.2 Å². The highest BCUT2D eigenvalue weighted by atomic mass is 32.1. The molecular weight excluding hydrogens is 342 g/mol. The number of rotatable bonds is 14. The molecule has 0 radical (unpaired) electrons. The predicted octanol–water partition coefficient (Wildman–Crippen LogP) is 5.04. The van der Waals surface area contributed by atoms with Crippen LogP contribution in [0.3, 0.4) is 0 Å². The van der Waals surface area contributed by atoms with Crippen LogP contribution in [0.1, 0.15) is 83.9 Å². The summed E-state index contributed by atoms with van der Waals surface area (Å²) in [4.78, 5) is 10.8. The molecule has 1 rings (SSSR count). The fourth-order valence-electron chi connectivity index (χ4n) is 3.20. The van der Waals surface area contributed by atoms with Gasteiger partial charge in [0.15, 0.2) is 0 Å². The summed E-state index contributed by atoms with van der Waals surface area (Å²) >= 11 is 1.43. The smallest absolute Gasteiger partial charge is 0.0786 e. The molecule has 1 aromatic rings. The molecule has 4 heteroatoms. The third-order valence-electron chi connectivity index (χ3n) is 4.84. The number of aliphatic carboxylic acids is 1. The molecule has 1 aromatic heterocycles. The molecule has 0 saturated heterocycles. The van der Waals surface area contributed by atoms with Gasteiger partial charge < -0.3 is 14.4 Å². The van der Waals surface area contributed by atoms with Crippen molar-refractivity contribution in [1.29, 1.82) is 0 Å². The van der Waals surface area contributed by atoms with Crippen molar-refractivity contribution in [2.45, 2.75) is 85.5 Å². The Morgan fingerprint density at radius 3 is 1.58 bits per heavy atom. The topological polar surface area (TPSA) is 40.1 Å². The number of nitrogens with zero attached hydrogens (tertiary/aromatic N) is 1. The lowest BCUT2D eigenvalue weighted by molar-refractivity contribution is -0.929. The molecule has 0 atom stereocenters.